The third kappa shape index (κ3) is 3.06. The smallest absolute Gasteiger partial charge is 0.239 e. The Morgan fingerprint density at radius 2 is 2.18 bits per heavy atom. The van der Waals surface area contributed by atoms with E-state index in [0.717, 1.165) is 5.69 Å². The van der Waals surface area contributed by atoms with Gasteiger partial charge in [0, 0.05) is 17.8 Å². The van der Waals surface area contributed by atoms with Crippen LogP contribution in [-0.2, 0) is 15.8 Å². The predicted molar refractivity (Wildman–Crippen MR) is 60.8 cm³/mol. The van der Waals surface area contributed by atoms with Crippen LogP contribution in [0.1, 0.15) is 17.1 Å². The highest BCUT2D eigenvalue weighted by Gasteiger charge is 2.15. The number of nitrogens with zero attached hydrogens (tertiary/aromatic N) is 2. The number of hydrogen-bond donors (Lipinski definition) is 2. The van der Waals surface area contributed by atoms with E-state index in [0.29, 0.717) is 11.5 Å². The van der Waals surface area contributed by atoms with Gasteiger partial charge in [-0.1, -0.05) is 5.16 Å². The van der Waals surface area contributed by atoms with Gasteiger partial charge in [-0.25, -0.2) is 8.42 Å². The van der Waals surface area contributed by atoms with Gasteiger partial charge in [0.1, 0.15) is 17.2 Å². The van der Waals surface area contributed by atoms with E-state index in [2.05, 4.69) is 20.1 Å². The molecule has 0 aliphatic rings. The molecule has 0 unspecified atom stereocenters. The van der Waals surface area contributed by atoms with Gasteiger partial charge < -0.3 is 4.52 Å². The second kappa shape index (κ2) is 4.21. The molecule has 0 fully saturated rings. The SMILES string of the molecule is Cc1cc(NS(=O)(=O)Cc2cc(C)on2)n[nH]1. The first-order valence-corrected chi connectivity index (χ1v) is 6.54. The molecule has 92 valence electrons. The van der Waals surface area contributed by atoms with Crippen LogP contribution in [0, 0.1) is 13.8 Å². The summed E-state index contributed by atoms with van der Waals surface area (Å²) in [6.45, 7) is 3.49. The molecule has 0 amide bonds. The Morgan fingerprint density at radius 3 is 2.71 bits per heavy atom. The molecular formula is C9H12N4O3S. The van der Waals surface area contributed by atoms with E-state index < -0.39 is 10.0 Å². The molecule has 0 atom stereocenters. The predicted octanol–water partition coefficient (Wildman–Crippen LogP) is 0.956. The summed E-state index contributed by atoms with van der Waals surface area (Å²) in [7, 11) is -3.52. The van der Waals surface area contributed by atoms with Crippen molar-refractivity contribution in [2.75, 3.05) is 4.72 Å². The summed E-state index contributed by atoms with van der Waals surface area (Å²) in [6, 6.07) is 3.18. The number of rotatable bonds is 4. The van der Waals surface area contributed by atoms with E-state index >= 15 is 0 Å². The van der Waals surface area contributed by atoms with Gasteiger partial charge in [0.25, 0.3) is 0 Å². The number of sulfonamides is 1. The topological polar surface area (TPSA) is 101 Å². The average Bonchev–Trinajstić information content (AvgIpc) is 2.74. The fourth-order valence-electron chi connectivity index (χ4n) is 1.35. The monoisotopic (exact) mass is 256 g/mol. The van der Waals surface area contributed by atoms with E-state index in [9.17, 15) is 8.42 Å². The maximum atomic E-state index is 11.7. The number of anilines is 1. The van der Waals surface area contributed by atoms with Gasteiger partial charge in [-0.3, -0.25) is 9.82 Å². The van der Waals surface area contributed by atoms with Crippen molar-refractivity contribution < 1.29 is 12.9 Å². The number of hydrogen-bond acceptors (Lipinski definition) is 5. The minimum atomic E-state index is -3.52. The molecular weight excluding hydrogens is 244 g/mol. The zero-order valence-corrected chi connectivity index (χ0v) is 10.2. The van der Waals surface area contributed by atoms with Gasteiger partial charge in [0.05, 0.1) is 0 Å². The highest BCUT2D eigenvalue weighted by Crippen LogP contribution is 2.11. The molecule has 0 radical (unpaired) electrons. The molecule has 0 spiro atoms. The Labute approximate surface area is 98.3 Å². The number of aromatic nitrogens is 3. The molecule has 0 aliphatic heterocycles. The van der Waals surface area contributed by atoms with Crippen LogP contribution in [0.4, 0.5) is 5.82 Å². The van der Waals surface area contributed by atoms with Crippen LogP contribution >= 0.6 is 0 Å². The molecule has 0 saturated carbocycles. The first-order chi connectivity index (χ1) is 7.94. The molecule has 17 heavy (non-hydrogen) atoms. The van der Waals surface area contributed by atoms with Gasteiger partial charge in [-0.05, 0) is 13.8 Å². The van der Waals surface area contributed by atoms with E-state index in [4.69, 9.17) is 4.52 Å². The normalized spacial score (nSPS) is 11.6. The second-order valence-electron chi connectivity index (χ2n) is 3.73. The lowest BCUT2D eigenvalue weighted by Gasteiger charge is -2.01. The van der Waals surface area contributed by atoms with Crippen molar-refractivity contribution in [2.24, 2.45) is 0 Å². The van der Waals surface area contributed by atoms with Gasteiger partial charge >= 0.3 is 0 Å². The molecule has 0 bridgehead atoms. The Bertz CT molecular complexity index is 565. The van der Waals surface area contributed by atoms with E-state index in [1.807, 2.05) is 0 Å². The number of nitrogens with one attached hydrogen (secondary N) is 2. The van der Waals surface area contributed by atoms with Crippen molar-refractivity contribution in [1.82, 2.24) is 15.4 Å². The molecule has 2 heterocycles. The lowest BCUT2D eigenvalue weighted by Crippen LogP contribution is -2.15. The van der Waals surface area contributed by atoms with E-state index in [1.165, 1.54) is 0 Å². The molecule has 2 N–H and O–H groups in total. The van der Waals surface area contributed by atoms with Crippen molar-refractivity contribution in [3.8, 4) is 0 Å². The minimum Gasteiger partial charge on any atom is -0.361 e. The quantitative estimate of drug-likeness (QED) is 0.848. The van der Waals surface area contributed by atoms with Crippen molar-refractivity contribution in [2.45, 2.75) is 19.6 Å². The first kappa shape index (κ1) is 11.6. The number of aryl methyl sites for hydroxylation is 2. The van der Waals surface area contributed by atoms with Gasteiger partial charge in [0.15, 0.2) is 5.82 Å². The highest BCUT2D eigenvalue weighted by molar-refractivity contribution is 7.91. The molecule has 7 nitrogen and oxygen atoms in total. The van der Waals surface area contributed by atoms with Gasteiger partial charge in [0.2, 0.25) is 10.0 Å². The van der Waals surface area contributed by atoms with Crippen LogP contribution < -0.4 is 4.72 Å². The Kier molecular flexibility index (Phi) is 2.88. The number of aromatic amines is 1. The average molecular weight is 256 g/mol. The summed E-state index contributed by atoms with van der Waals surface area (Å²) in [5, 5.41) is 10.1. The van der Waals surface area contributed by atoms with Crippen LogP contribution in [0.5, 0.6) is 0 Å². The molecule has 2 aromatic rings. The lowest BCUT2D eigenvalue weighted by molar-refractivity contribution is 0.392. The third-order valence-electron chi connectivity index (χ3n) is 1.98. The van der Waals surface area contributed by atoms with Crippen LogP contribution in [0.2, 0.25) is 0 Å². The minimum absolute atomic E-state index is 0.240. The summed E-state index contributed by atoms with van der Waals surface area (Å²) in [4.78, 5) is 0. The maximum Gasteiger partial charge on any atom is 0.239 e. The zero-order valence-electron chi connectivity index (χ0n) is 9.39. The van der Waals surface area contributed by atoms with E-state index in [1.54, 1.807) is 26.0 Å². The number of H-pyrrole nitrogens is 1. The molecule has 2 aromatic heterocycles. The van der Waals surface area contributed by atoms with Crippen molar-refractivity contribution in [3.63, 3.8) is 0 Å². The van der Waals surface area contributed by atoms with Crippen molar-refractivity contribution in [3.05, 3.63) is 29.3 Å². The molecule has 0 aromatic carbocycles. The molecule has 2 rings (SSSR count). The second-order valence-corrected chi connectivity index (χ2v) is 5.45. The largest absolute Gasteiger partial charge is 0.361 e. The van der Waals surface area contributed by atoms with Crippen molar-refractivity contribution in [1.29, 1.82) is 0 Å². The van der Waals surface area contributed by atoms with Crippen LogP contribution in [0.3, 0.4) is 0 Å². The van der Waals surface area contributed by atoms with Gasteiger partial charge in [-0.15, -0.1) is 0 Å². The summed E-state index contributed by atoms with van der Waals surface area (Å²) in [5.74, 6) is 0.601. The summed E-state index contributed by atoms with van der Waals surface area (Å²) < 4.78 is 30.6. The summed E-state index contributed by atoms with van der Waals surface area (Å²) in [6.07, 6.45) is 0. The Balaban J connectivity index is 2.09. The zero-order chi connectivity index (χ0) is 12.5. The fourth-order valence-corrected chi connectivity index (χ4v) is 2.37. The first-order valence-electron chi connectivity index (χ1n) is 4.89. The third-order valence-corrected chi connectivity index (χ3v) is 3.18. The lowest BCUT2D eigenvalue weighted by atomic mass is 10.4. The Morgan fingerprint density at radius 1 is 1.41 bits per heavy atom. The Hall–Kier alpha value is -1.83. The van der Waals surface area contributed by atoms with Crippen molar-refractivity contribution >= 4 is 15.8 Å². The van der Waals surface area contributed by atoms with Crippen LogP contribution in [-0.4, -0.2) is 23.8 Å². The standard InChI is InChI=1S/C9H12N4O3S/c1-6-3-9(11-10-6)13-17(14,15)5-8-4-7(2)16-12-8/h3-4H,5H2,1-2H3,(H2,10,11,13). The van der Waals surface area contributed by atoms with E-state index in [-0.39, 0.29) is 11.6 Å². The molecule has 0 saturated heterocycles. The molecule has 0 aliphatic carbocycles. The van der Waals surface area contributed by atoms with Crippen LogP contribution in [0.25, 0.3) is 0 Å². The summed E-state index contributed by atoms with van der Waals surface area (Å²) in [5.41, 5.74) is 1.14. The van der Waals surface area contributed by atoms with Gasteiger partial charge in [-0.2, -0.15) is 5.10 Å². The fraction of sp³-hybridized carbons (Fsp3) is 0.333. The maximum absolute atomic E-state index is 11.7. The molecule has 8 heteroatoms. The highest BCUT2D eigenvalue weighted by atomic mass is 32.2. The summed E-state index contributed by atoms with van der Waals surface area (Å²) >= 11 is 0. The van der Waals surface area contributed by atoms with Crippen LogP contribution in [0.15, 0.2) is 16.7 Å².